The molecule has 0 spiro atoms. The summed E-state index contributed by atoms with van der Waals surface area (Å²) in [5.41, 5.74) is 0. The average molecular weight is 168 g/mol. The van der Waals surface area contributed by atoms with E-state index in [4.69, 9.17) is 4.74 Å². The zero-order chi connectivity index (χ0) is 8.97. The summed E-state index contributed by atoms with van der Waals surface area (Å²) >= 11 is 0. The minimum absolute atomic E-state index is 0.134. The molecule has 0 aromatic rings. The van der Waals surface area contributed by atoms with Crippen LogP contribution in [0.25, 0.3) is 0 Å². The third kappa shape index (κ3) is 2.18. The van der Waals surface area contributed by atoms with Crippen molar-refractivity contribution in [1.82, 2.24) is 0 Å². The quantitative estimate of drug-likeness (QED) is 0.600. The van der Waals surface area contributed by atoms with Gasteiger partial charge in [-0.05, 0) is 18.8 Å². The Labute approximate surface area is 73.6 Å². The van der Waals surface area contributed by atoms with E-state index < -0.39 is 0 Å². The molecule has 0 aliphatic carbocycles. The summed E-state index contributed by atoms with van der Waals surface area (Å²) in [5, 5.41) is 0. The lowest BCUT2D eigenvalue weighted by atomic mass is 9.98. The summed E-state index contributed by atoms with van der Waals surface area (Å²) in [6, 6.07) is 0. The molecule has 2 nitrogen and oxygen atoms in total. The molecule has 1 heterocycles. The number of carbonyl (C=O) groups is 1. The maximum atomic E-state index is 11.4. The van der Waals surface area contributed by atoms with E-state index in [2.05, 4.69) is 13.5 Å². The van der Waals surface area contributed by atoms with Crippen molar-refractivity contribution < 1.29 is 9.53 Å². The summed E-state index contributed by atoms with van der Waals surface area (Å²) in [6.45, 7) is 6.40. The van der Waals surface area contributed by atoms with Gasteiger partial charge in [-0.2, -0.15) is 0 Å². The number of allylic oxidation sites excluding steroid dienone is 1. The van der Waals surface area contributed by atoms with Crippen LogP contribution >= 0.6 is 0 Å². The Morgan fingerprint density at radius 3 is 3.00 bits per heavy atom. The largest absolute Gasteiger partial charge is 0.370 e. The summed E-state index contributed by atoms with van der Waals surface area (Å²) in [7, 11) is 0. The molecule has 0 radical (unpaired) electrons. The Kier molecular flexibility index (Phi) is 3.48. The fraction of sp³-hybridized carbons (Fsp3) is 0.700. The first-order valence-electron chi connectivity index (χ1n) is 4.51. The van der Waals surface area contributed by atoms with Crippen molar-refractivity contribution in [1.29, 1.82) is 0 Å². The molecule has 2 heteroatoms. The smallest absolute Gasteiger partial charge is 0.162 e. The van der Waals surface area contributed by atoms with Crippen molar-refractivity contribution in [2.75, 3.05) is 6.61 Å². The van der Waals surface area contributed by atoms with Gasteiger partial charge < -0.3 is 4.74 Å². The highest BCUT2D eigenvalue weighted by molar-refractivity contribution is 5.83. The van der Waals surface area contributed by atoms with E-state index in [0.717, 1.165) is 19.4 Å². The lowest BCUT2D eigenvalue weighted by molar-refractivity contribution is -0.129. The van der Waals surface area contributed by atoms with Gasteiger partial charge in [-0.15, -0.1) is 6.58 Å². The Morgan fingerprint density at radius 1 is 1.75 bits per heavy atom. The van der Waals surface area contributed by atoms with Gasteiger partial charge in [0.25, 0.3) is 0 Å². The van der Waals surface area contributed by atoms with Crippen molar-refractivity contribution in [3.8, 4) is 0 Å². The molecule has 0 aromatic carbocycles. The van der Waals surface area contributed by atoms with Crippen LogP contribution < -0.4 is 0 Å². The lowest BCUT2D eigenvalue weighted by Gasteiger charge is -2.11. The summed E-state index contributed by atoms with van der Waals surface area (Å²) in [6.07, 6.45) is 4.01. The van der Waals surface area contributed by atoms with Gasteiger partial charge in [0, 0.05) is 13.0 Å². The van der Waals surface area contributed by atoms with Crippen molar-refractivity contribution in [3.63, 3.8) is 0 Å². The molecule has 0 bridgehead atoms. The van der Waals surface area contributed by atoms with Gasteiger partial charge in [0.05, 0.1) is 0 Å². The zero-order valence-electron chi connectivity index (χ0n) is 7.58. The average Bonchev–Trinajstić information content (AvgIpc) is 2.47. The third-order valence-corrected chi connectivity index (χ3v) is 2.30. The van der Waals surface area contributed by atoms with Crippen molar-refractivity contribution in [2.45, 2.75) is 32.3 Å². The summed E-state index contributed by atoms with van der Waals surface area (Å²) in [5.74, 6) is 0.641. The Balaban J connectivity index is 2.35. The van der Waals surface area contributed by atoms with E-state index in [-0.39, 0.29) is 11.9 Å². The van der Waals surface area contributed by atoms with Gasteiger partial charge in [-0.25, -0.2) is 0 Å². The highest BCUT2D eigenvalue weighted by atomic mass is 16.5. The van der Waals surface area contributed by atoms with Gasteiger partial charge in [0.15, 0.2) is 5.78 Å². The molecule has 0 amide bonds. The number of hydrogen-bond acceptors (Lipinski definition) is 2. The normalized spacial score (nSPS) is 28.8. The SMILES string of the molecule is C=CCCC(=O)C1OCCC1C. The molecule has 0 aromatic heterocycles. The van der Waals surface area contributed by atoms with Crippen LogP contribution in [0.1, 0.15) is 26.2 Å². The fourth-order valence-corrected chi connectivity index (χ4v) is 1.49. The monoisotopic (exact) mass is 168 g/mol. The van der Waals surface area contributed by atoms with E-state index in [9.17, 15) is 4.79 Å². The van der Waals surface area contributed by atoms with Crippen molar-refractivity contribution in [2.24, 2.45) is 5.92 Å². The van der Waals surface area contributed by atoms with Crippen LogP contribution in [0.15, 0.2) is 12.7 Å². The molecule has 1 saturated heterocycles. The highest BCUT2D eigenvalue weighted by Gasteiger charge is 2.29. The van der Waals surface area contributed by atoms with E-state index in [1.165, 1.54) is 0 Å². The van der Waals surface area contributed by atoms with E-state index in [0.29, 0.717) is 12.3 Å². The predicted octanol–water partition coefficient (Wildman–Crippen LogP) is 1.95. The fourth-order valence-electron chi connectivity index (χ4n) is 1.49. The molecule has 1 aliphatic rings. The molecule has 68 valence electrons. The van der Waals surface area contributed by atoms with Crippen LogP contribution in [0, 0.1) is 5.92 Å². The summed E-state index contributed by atoms with van der Waals surface area (Å²) < 4.78 is 5.34. The molecule has 12 heavy (non-hydrogen) atoms. The van der Waals surface area contributed by atoms with Crippen molar-refractivity contribution >= 4 is 5.78 Å². The molecule has 0 saturated carbocycles. The minimum Gasteiger partial charge on any atom is -0.370 e. The summed E-state index contributed by atoms with van der Waals surface area (Å²) in [4.78, 5) is 11.4. The molecule has 1 aliphatic heterocycles. The number of ether oxygens (including phenoxy) is 1. The van der Waals surface area contributed by atoms with Gasteiger partial charge in [-0.3, -0.25) is 4.79 Å². The van der Waals surface area contributed by atoms with Crippen LogP contribution in [0.5, 0.6) is 0 Å². The molecule has 1 fully saturated rings. The van der Waals surface area contributed by atoms with Gasteiger partial charge in [0.1, 0.15) is 6.10 Å². The standard InChI is InChI=1S/C10H16O2/c1-3-4-5-9(11)10-8(2)6-7-12-10/h3,8,10H,1,4-7H2,2H3. The molecule has 2 atom stereocenters. The first-order valence-corrected chi connectivity index (χ1v) is 4.51. The van der Waals surface area contributed by atoms with E-state index >= 15 is 0 Å². The second-order valence-corrected chi connectivity index (χ2v) is 3.35. The first kappa shape index (κ1) is 9.46. The zero-order valence-corrected chi connectivity index (χ0v) is 7.58. The number of hydrogen-bond donors (Lipinski definition) is 0. The maximum Gasteiger partial charge on any atom is 0.162 e. The number of rotatable bonds is 4. The first-order chi connectivity index (χ1) is 5.75. The highest BCUT2D eigenvalue weighted by Crippen LogP contribution is 2.21. The van der Waals surface area contributed by atoms with Crippen LogP contribution in [0.2, 0.25) is 0 Å². The van der Waals surface area contributed by atoms with Crippen molar-refractivity contribution in [3.05, 3.63) is 12.7 Å². The number of ketones is 1. The van der Waals surface area contributed by atoms with Gasteiger partial charge in [-0.1, -0.05) is 13.0 Å². The van der Waals surface area contributed by atoms with Crippen LogP contribution in [-0.2, 0) is 9.53 Å². The predicted molar refractivity (Wildman–Crippen MR) is 48.0 cm³/mol. The molecular weight excluding hydrogens is 152 g/mol. The van der Waals surface area contributed by atoms with Gasteiger partial charge >= 0.3 is 0 Å². The molecule has 0 N–H and O–H groups in total. The number of carbonyl (C=O) groups excluding carboxylic acids is 1. The van der Waals surface area contributed by atoms with Gasteiger partial charge in [0.2, 0.25) is 0 Å². The lowest BCUT2D eigenvalue weighted by Crippen LogP contribution is -2.24. The van der Waals surface area contributed by atoms with Crippen LogP contribution in [0.4, 0.5) is 0 Å². The minimum atomic E-state index is -0.134. The number of Topliss-reactive ketones (excluding diaryl/α,β-unsaturated/α-hetero) is 1. The molecule has 1 rings (SSSR count). The van der Waals surface area contributed by atoms with Crippen LogP contribution in [0.3, 0.4) is 0 Å². The Bertz CT molecular complexity index is 175. The van der Waals surface area contributed by atoms with Crippen LogP contribution in [-0.4, -0.2) is 18.5 Å². The third-order valence-electron chi connectivity index (χ3n) is 2.30. The molecular formula is C10H16O2. The second-order valence-electron chi connectivity index (χ2n) is 3.35. The van der Waals surface area contributed by atoms with E-state index in [1.54, 1.807) is 6.08 Å². The Morgan fingerprint density at radius 2 is 2.50 bits per heavy atom. The maximum absolute atomic E-state index is 11.4. The topological polar surface area (TPSA) is 26.3 Å². The second kappa shape index (κ2) is 4.41. The Hall–Kier alpha value is -0.630. The van der Waals surface area contributed by atoms with E-state index in [1.807, 2.05) is 0 Å². The molecule has 2 unspecified atom stereocenters.